The highest BCUT2D eigenvalue weighted by atomic mass is 32.2. The lowest BCUT2D eigenvalue weighted by Crippen LogP contribution is -2.72. The topological polar surface area (TPSA) is 200 Å². The van der Waals surface area contributed by atoms with Gasteiger partial charge in [-0.3, -0.25) is 19.3 Å². The summed E-state index contributed by atoms with van der Waals surface area (Å²) in [5.41, 5.74) is 4.35. The van der Waals surface area contributed by atoms with E-state index in [1.165, 1.54) is 39.4 Å². The number of carbonyl (C=O) groups excluding carboxylic acids is 4. The minimum atomic E-state index is -1.48. The van der Waals surface area contributed by atoms with E-state index in [-0.39, 0.29) is 17.0 Å². The average Bonchev–Trinajstić information content (AvgIpc) is 3.32. The molecule has 2 aliphatic heterocycles. The summed E-state index contributed by atoms with van der Waals surface area (Å²) in [6, 6.07) is 1.85. The van der Waals surface area contributed by atoms with Crippen LogP contribution >= 0.6 is 11.8 Å². The van der Waals surface area contributed by atoms with Gasteiger partial charge in [0.15, 0.2) is 5.76 Å². The van der Waals surface area contributed by atoms with Gasteiger partial charge in [-0.25, -0.2) is 9.59 Å². The van der Waals surface area contributed by atoms with E-state index >= 15 is 0 Å². The minimum Gasteiger partial charge on any atom is -0.477 e. The van der Waals surface area contributed by atoms with Crippen LogP contribution in [0.5, 0.6) is 0 Å². The van der Waals surface area contributed by atoms with Crippen LogP contribution in [0.1, 0.15) is 19.6 Å². The van der Waals surface area contributed by atoms with Gasteiger partial charge >= 0.3 is 18.0 Å². The maximum absolute atomic E-state index is 12.9. The maximum Gasteiger partial charge on any atom is 0.404 e. The number of rotatable bonds is 9. The number of thioether (sulfide) groups is 1. The fourth-order valence-corrected chi connectivity index (χ4v) is 5.26. The number of furan rings is 1. The molecule has 2 unspecified atom stereocenters. The van der Waals surface area contributed by atoms with E-state index in [0.29, 0.717) is 0 Å². The third-order valence-electron chi connectivity index (χ3n) is 5.01. The van der Waals surface area contributed by atoms with Crippen molar-refractivity contribution < 1.29 is 47.8 Å². The van der Waals surface area contributed by atoms with Crippen LogP contribution in [0.3, 0.4) is 0 Å². The Morgan fingerprint density at radius 2 is 2.09 bits per heavy atom. The number of nitrogens with zero attached hydrogens (tertiary/aromatic N) is 2. The lowest BCUT2D eigenvalue weighted by molar-refractivity contribution is -0.150. The van der Waals surface area contributed by atoms with Crippen molar-refractivity contribution in [3.8, 4) is 0 Å². The first-order valence-corrected chi connectivity index (χ1v) is 11.0. The van der Waals surface area contributed by atoms with Gasteiger partial charge in [0.2, 0.25) is 5.71 Å². The molecular weight excluding hydrogens is 488 g/mol. The summed E-state index contributed by atoms with van der Waals surface area (Å²) in [7, 11) is 1.23. The fourth-order valence-electron chi connectivity index (χ4n) is 3.67. The largest absolute Gasteiger partial charge is 0.477 e. The summed E-state index contributed by atoms with van der Waals surface area (Å²) in [5, 5.41) is 14.3. The number of esters is 1. The molecule has 15 heteroatoms. The van der Waals surface area contributed by atoms with Crippen LogP contribution in [0, 0.1) is 0 Å². The van der Waals surface area contributed by atoms with E-state index in [9.17, 15) is 29.1 Å². The van der Waals surface area contributed by atoms with Crippen LogP contribution in [-0.4, -0.2) is 82.1 Å². The highest BCUT2D eigenvalue weighted by molar-refractivity contribution is 8.01. The first-order valence-electron chi connectivity index (χ1n) is 10.1. The lowest BCUT2D eigenvalue weighted by Gasteiger charge is -2.51. The van der Waals surface area contributed by atoms with Gasteiger partial charge in [-0.2, -0.15) is 0 Å². The monoisotopic (exact) mass is 510 g/mol. The van der Waals surface area contributed by atoms with Crippen molar-refractivity contribution in [3.63, 3.8) is 0 Å². The van der Waals surface area contributed by atoms with Crippen LogP contribution in [0.2, 0.25) is 0 Å². The Morgan fingerprint density at radius 1 is 1.37 bits per heavy atom. The highest BCUT2D eigenvalue weighted by Crippen LogP contribution is 2.46. The molecule has 1 aromatic rings. The minimum absolute atomic E-state index is 0.0154. The number of nitrogens with one attached hydrogen (secondary N) is 1. The van der Waals surface area contributed by atoms with Gasteiger partial charge in [0, 0.05) is 12.5 Å². The number of carboxylic acid groups (broad SMARTS) is 1. The summed E-state index contributed by atoms with van der Waals surface area (Å²) in [4.78, 5) is 66.3. The Labute approximate surface area is 202 Å². The number of ether oxygens (including phenoxy) is 2. The number of primary amides is 1. The van der Waals surface area contributed by atoms with E-state index in [1.807, 2.05) is 0 Å². The second-order valence-corrected chi connectivity index (χ2v) is 8.57. The SMILES string of the molecule is CO/N=C(/C(=O)N[C@@H]1C(=O)N2C(C(=O)O)=C(COC(N)=O)C(C(C)OC(C)=O)S[C@H]12)c1ccco1. The molecule has 1 fully saturated rings. The molecule has 3 heterocycles. The molecule has 0 spiro atoms. The van der Waals surface area contributed by atoms with Crippen molar-refractivity contribution in [1.82, 2.24) is 10.2 Å². The van der Waals surface area contributed by atoms with Crippen LogP contribution in [0.25, 0.3) is 0 Å². The van der Waals surface area contributed by atoms with Crippen LogP contribution in [0.15, 0.2) is 39.2 Å². The van der Waals surface area contributed by atoms with Crippen molar-refractivity contribution in [1.29, 1.82) is 0 Å². The molecule has 3 rings (SSSR count). The molecule has 4 N–H and O–H groups in total. The number of amides is 3. The van der Waals surface area contributed by atoms with Gasteiger partial charge in [0.1, 0.15) is 36.9 Å². The second kappa shape index (κ2) is 10.5. The smallest absolute Gasteiger partial charge is 0.404 e. The Hall–Kier alpha value is -4.01. The Kier molecular flexibility index (Phi) is 7.68. The summed E-state index contributed by atoms with van der Waals surface area (Å²) in [6.07, 6.45) is -0.709. The molecule has 4 atom stereocenters. The number of nitrogens with two attached hydrogens (primary N) is 1. The zero-order valence-corrected chi connectivity index (χ0v) is 19.6. The number of fused-ring (bicyclic) bond motifs is 1. The first-order chi connectivity index (χ1) is 16.6. The number of aliphatic carboxylic acids is 1. The third-order valence-corrected chi connectivity index (χ3v) is 6.73. The standard InChI is InChI=1S/C20H22N4O10S/c1-8(34-9(2)25)15-10(7-33-20(21)30)14(19(28)29)24-17(27)13(18(24)35-15)22-16(26)12(23-31-3)11-5-4-6-32-11/h4-6,8,13,15,18H,7H2,1-3H3,(H2,21,30)(H,22,26)(H,28,29)/b23-12+/t8?,13-,15?,18-/m1/s1. The molecule has 3 amide bonds. The summed E-state index contributed by atoms with van der Waals surface area (Å²) >= 11 is 1.05. The Morgan fingerprint density at radius 3 is 2.63 bits per heavy atom. The summed E-state index contributed by atoms with van der Waals surface area (Å²) in [5.74, 6) is -3.54. The molecule has 14 nitrogen and oxygen atoms in total. The van der Waals surface area contributed by atoms with Gasteiger partial charge in [-0.15, -0.1) is 11.8 Å². The van der Waals surface area contributed by atoms with Gasteiger partial charge < -0.3 is 34.9 Å². The fraction of sp³-hybridized carbons (Fsp3) is 0.400. The number of carbonyl (C=O) groups is 5. The molecule has 1 aromatic heterocycles. The van der Waals surface area contributed by atoms with Gasteiger partial charge in [0.05, 0.1) is 11.5 Å². The summed E-state index contributed by atoms with van der Waals surface area (Å²) in [6.45, 7) is 2.16. The third kappa shape index (κ3) is 5.24. The van der Waals surface area contributed by atoms with E-state index in [4.69, 9.17) is 24.5 Å². The zero-order valence-electron chi connectivity index (χ0n) is 18.8. The van der Waals surface area contributed by atoms with Gasteiger partial charge in [-0.05, 0) is 19.1 Å². The molecule has 0 aliphatic carbocycles. The maximum atomic E-state index is 12.9. The van der Waals surface area contributed by atoms with Crippen molar-refractivity contribution in [2.24, 2.45) is 10.9 Å². The van der Waals surface area contributed by atoms with E-state index in [1.54, 1.807) is 0 Å². The number of carboxylic acids is 1. The average molecular weight is 510 g/mol. The van der Waals surface area contributed by atoms with Gasteiger partial charge in [0.25, 0.3) is 11.8 Å². The quantitative estimate of drug-likeness (QED) is 0.172. The van der Waals surface area contributed by atoms with Crippen LogP contribution in [0.4, 0.5) is 4.79 Å². The number of β-lactam (4-membered cyclic amide) rings is 1. The van der Waals surface area contributed by atoms with Crippen molar-refractivity contribution >= 4 is 47.3 Å². The van der Waals surface area contributed by atoms with Crippen LogP contribution < -0.4 is 11.1 Å². The molecule has 1 saturated heterocycles. The molecular formula is C20H22N4O10S. The summed E-state index contributed by atoms with van der Waals surface area (Å²) < 4.78 is 15.2. The van der Waals surface area contributed by atoms with Crippen molar-refractivity contribution in [2.75, 3.05) is 13.7 Å². The lowest BCUT2D eigenvalue weighted by atomic mass is 9.98. The molecule has 35 heavy (non-hydrogen) atoms. The van der Waals surface area contributed by atoms with Crippen molar-refractivity contribution in [2.45, 2.75) is 36.6 Å². The molecule has 2 aliphatic rings. The Balaban J connectivity index is 1.93. The predicted octanol–water partition coefficient (Wildman–Crippen LogP) is -0.216. The zero-order chi connectivity index (χ0) is 25.9. The molecule has 0 aromatic carbocycles. The second-order valence-electron chi connectivity index (χ2n) is 7.31. The number of hydrogen-bond acceptors (Lipinski definition) is 11. The van der Waals surface area contributed by atoms with Crippen molar-refractivity contribution in [3.05, 3.63) is 35.4 Å². The van der Waals surface area contributed by atoms with E-state index in [2.05, 4.69) is 10.5 Å². The highest BCUT2D eigenvalue weighted by Gasteiger charge is 2.57. The van der Waals surface area contributed by atoms with E-state index < -0.39 is 64.9 Å². The molecule has 188 valence electrons. The first kappa shape index (κ1) is 25.6. The normalized spacial score (nSPS) is 22.5. The number of hydrogen-bond donors (Lipinski definition) is 3. The Bertz CT molecular complexity index is 1100. The molecule has 0 bridgehead atoms. The predicted molar refractivity (Wildman–Crippen MR) is 118 cm³/mol. The van der Waals surface area contributed by atoms with Crippen LogP contribution in [-0.2, 0) is 33.5 Å². The van der Waals surface area contributed by atoms with Gasteiger partial charge in [-0.1, -0.05) is 5.16 Å². The molecule has 0 saturated carbocycles. The number of oxime groups is 1. The van der Waals surface area contributed by atoms with E-state index in [0.717, 1.165) is 16.7 Å². The molecule has 0 radical (unpaired) electrons.